The number of nitrogens with one attached hydrogen (secondary N) is 1. The molecular formula is C15H19N5O. The average molecular weight is 285 g/mol. The molecule has 1 aromatic carbocycles. The smallest absolute Gasteiger partial charge is 0.141 e. The average Bonchev–Trinajstić information content (AvgIpc) is 2.52. The van der Waals surface area contributed by atoms with E-state index in [2.05, 4.69) is 20.4 Å². The van der Waals surface area contributed by atoms with E-state index in [1.165, 1.54) is 0 Å². The lowest BCUT2D eigenvalue weighted by atomic mass is 10.0. The molecule has 21 heavy (non-hydrogen) atoms. The van der Waals surface area contributed by atoms with Crippen LogP contribution in [0.2, 0.25) is 0 Å². The Hall–Kier alpha value is -2.47. The number of aromatic nitrogens is 2. The Morgan fingerprint density at radius 1 is 1.33 bits per heavy atom. The fraction of sp³-hybridized carbons (Fsp3) is 0.267. The first-order valence-corrected chi connectivity index (χ1v) is 6.72. The summed E-state index contributed by atoms with van der Waals surface area (Å²) in [5.74, 6) is 0.928. The van der Waals surface area contributed by atoms with Crippen molar-refractivity contribution in [1.29, 1.82) is 0 Å². The van der Waals surface area contributed by atoms with Gasteiger partial charge in [0.05, 0.1) is 5.69 Å². The second-order valence-corrected chi connectivity index (χ2v) is 4.73. The van der Waals surface area contributed by atoms with Gasteiger partial charge >= 0.3 is 0 Å². The van der Waals surface area contributed by atoms with Crippen LogP contribution in [0.4, 0.5) is 0 Å². The van der Waals surface area contributed by atoms with Gasteiger partial charge in [-0.2, -0.15) is 0 Å². The molecule has 0 fully saturated rings. The first kappa shape index (κ1) is 14.9. The largest absolute Gasteiger partial charge is 0.409 e. The summed E-state index contributed by atoms with van der Waals surface area (Å²) in [6, 6.07) is 11.7. The Kier molecular flexibility index (Phi) is 5.22. The highest BCUT2D eigenvalue weighted by Crippen LogP contribution is 2.17. The van der Waals surface area contributed by atoms with Gasteiger partial charge < -0.3 is 16.3 Å². The summed E-state index contributed by atoms with van der Waals surface area (Å²) in [6.45, 7) is 2.44. The summed E-state index contributed by atoms with van der Waals surface area (Å²) in [6.07, 6.45) is 2.16. The maximum Gasteiger partial charge on any atom is 0.141 e. The fourth-order valence-electron chi connectivity index (χ4n) is 2.07. The van der Waals surface area contributed by atoms with E-state index in [-0.39, 0.29) is 11.9 Å². The number of rotatable bonds is 6. The number of nitrogens with two attached hydrogens (primary N) is 1. The van der Waals surface area contributed by atoms with E-state index in [4.69, 9.17) is 10.9 Å². The normalized spacial score (nSPS) is 13.1. The summed E-state index contributed by atoms with van der Waals surface area (Å²) < 4.78 is 0. The van der Waals surface area contributed by atoms with Crippen molar-refractivity contribution in [2.75, 3.05) is 0 Å². The molecule has 0 saturated carbocycles. The van der Waals surface area contributed by atoms with Crippen LogP contribution in [0, 0.1) is 6.92 Å². The van der Waals surface area contributed by atoms with Gasteiger partial charge in [-0.1, -0.05) is 35.5 Å². The number of benzene rings is 1. The van der Waals surface area contributed by atoms with Crippen LogP contribution >= 0.6 is 0 Å². The number of aryl methyl sites for hydroxylation is 1. The predicted molar refractivity (Wildman–Crippen MR) is 80.8 cm³/mol. The van der Waals surface area contributed by atoms with E-state index in [1.54, 1.807) is 6.20 Å². The molecule has 0 spiro atoms. The van der Waals surface area contributed by atoms with Crippen LogP contribution in [0.1, 0.15) is 29.5 Å². The molecule has 0 saturated heterocycles. The highest BCUT2D eigenvalue weighted by molar-refractivity contribution is 5.80. The van der Waals surface area contributed by atoms with Crippen molar-refractivity contribution in [3.63, 3.8) is 0 Å². The summed E-state index contributed by atoms with van der Waals surface area (Å²) >= 11 is 0. The number of nitrogens with zero attached hydrogens (tertiary/aromatic N) is 3. The van der Waals surface area contributed by atoms with Crippen molar-refractivity contribution in [3.05, 3.63) is 59.7 Å². The molecule has 1 heterocycles. The molecule has 0 bridgehead atoms. The van der Waals surface area contributed by atoms with Crippen LogP contribution in [-0.4, -0.2) is 21.0 Å². The van der Waals surface area contributed by atoms with Gasteiger partial charge in [0.2, 0.25) is 0 Å². The first-order valence-electron chi connectivity index (χ1n) is 6.72. The number of hydrogen-bond donors (Lipinski definition) is 3. The molecule has 0 aliphatic rings. The third-order valence-corrected chi connectivity index (χ3v) is 3.11. The minimum atomic E-state index is -0.0441. The minimum Gasteiger partial charge on any atom is -0.409 e. The molecule has 1 aromatic heterocycles. The molecule has 0 amide bonds. The zero-order chi connectivity index (χ0) is 15.1. The van der Waals surface area contributed by atoms with E-state index in [0.717, 1.165) is 17.1 Å². The minimum absolute atomic E-state index is 0.0441. The van der Waals surface area contributed by atoms with Crippen LogP contribution in [0.15, 0.2) is 47.8 Å². The van der Waals surface area contributed by atoms with Crippen molar-refractivity contribution in [1.82, 2.24) is 15.3 Å². The molecule has 2 aromatic rings. The zero-order valence-corrected chi connectivity index (χ0v) is 11.9. The van der Waals surface area contributed by atoms with Crippen LogP contribution in [0.5, 0.6) is 0 Å². The second-order valence-electron chi connectivity index (χ2n) is 4.73. The lowest BCUT2D eigenvalue weighted by Crippen LogP contribution is -2.27. The topological polar surface area (TPSA) is 96.4 Å². The van der Waals surface area contributed by atoms with E-state index in [1.807, 2.05) is 43.3 Å². The summed E-state index contributed by atoms with van der Waals surface area (Å²) in [7, 11) is 0. The van der Waals surface area contributed by atoms with Crippen LogP contribution in [0.3, 0.4) is 0 Å². The monoisotopic (exact) mass is 285 g/mol. The lowest BCUT2D eigenvalue weighted by Gasteiger charge is -2.18. The third kappa shape index (κ3) is 4.54. The maximum atomic E-state index is 8.77. The van der Waals surface area contributed by atoms with Crippen LogP contribution in [0.25, 0.3) is 0 Å². The van der Waals surface area contributed by atoms with Gasteiger partial charge in [-0.05, 0) is 18.6 Å². The molecule has 6 heteroatoms. The van der Waals surface area contributed by atoms with Crippen molar-refractivity contribution in [2.45, 2.75) is 25.9 Å². The van der Waals surface area contributed by atoms with E-state index in [0.29, 0.717) is 13.0 Å². The zero-order valence-electron chi connectivity index (χ0n) is 11.9. The highest BCUT2D eigenvalue weighted by Gasteiger charge is 2.13. The Balaban J connectivity index is 2.09. The Morgan fingerprint density at radius 3 is 2.76 bits per heavy atom. The van der Waals surface area contributed by atoms with Gasteiger partial charge in [0.25, 0.3) is 0 Å². The standard InChI is InChI=1S/C15H19N5O/c1-11-17-8-7-13(19-11)10-18-14(9-15(16)20-21)12-5-3-2-4-6-12/h2-8,14,18,21H,9-10H2,1H3,(H2,16,20). The summed E-state index contributed by atoms with van der Waals surface area (Å²) in [5, 5.41) is 15.2. The van der Waals surface area contributed by atoms with Crippen molar-refractivity contribution in [2.24, 2.45) is 10.9 Å². The highest BCUT2D eigenvalue weighted by atomic mass is 16.4. The molecule has 0 radical (unpaired) electrons. The van der Waals surface area contributed by atoms with Crippen molar-refractivity contribution < 1.29 is 5.21 Å². The van der Waals surface area contributed by atoms with Gasteiger partial charge in [-0.25, -0.2) is 9.97 Å². The summed E-state index contributed by atoms with van der Waals surface area (Å²) in [4.78, 5) is 8.43. The predicted octanol–water partition coefficient (Wildman–Crippen LogP) is 1.75. The first-order chi connectivity index (χ1) is 10.2. The summed E-state index contributed by atoms with van der Waals surface area (Å²) in [5.41, 5.74) is 7.62. The molecule has 0 aliphatic carbocycles. The molecule has 1 atom stereocenters. The molecule has 1 unspecified atom stereocenters. The lowest BCUT2D eigenvalue weighted by molar-refractivity contribution is 0.315. The molecule has 2 rings (SSSR count). The quantitative estimate of drug-likeness (QED) is 0.325. The number of amidine groups is 1. The molecular weight excluding hydrogens is 266 g/mol. The molecule has 4 N–H and O–H groups in total. The van der Waals surface area contributed by atoms with Gasteiger partial charge in [0, 0.05) is 25.2 Å². The third-order valence-electron chi connectivity index (χ3n) is 3.11. The SMILES string of the molecule is Cc1nccc(CNC(CC(N)=NO)c2ccccc2)n1. The van der Waals surface area contributed by atoms with E-state index in [9.17, 15) is 0 Å². The van der Waals surface area contributed by atoms with Gasteiger partial charge in [0.15, 0.2) is 0 Å². The number of oxime groups is 1. The number of hydrogen-bond acceptors (Lipinski definition) is 5. The molecule has 0 aliphatic heterocycles. The molecule has 6 nitrogen and oxygen atoms in total. The fourth-order valence-corrected chi connectivity index (χ4v) is 2.07. The van der Waals surface area contributed by atoms with E-state index >= 15 is 0 Å². The Bertz CT molecular complexity index is 600. The van der Waals surface area contributed by atoms with Crippen LogP contribution < -0.4 is 11.1 Å². The van der Waals surface area contributed by atoms with Crippen LogP contribution in [-0.2, 0) is 6.54 Å². The molecule has 110 valence electrons. The Morgan fingerprint density at radius 2 is 2.10 bits per heavy atom. The van der Waals surface area contributed by atoms with Crippen molar-refractivity contribution >= 4 is 5.84 Å². The van der Waals surface area contributed by atoms with Gasteiger partial charge in [-0.3, -0.25) is 0 Å². The van der Waals surface area contributed by atoms with E-state index < -0.39 is 0 Å². The Labute approximate surface area is 123 Å². The second kappa shape index (κ2) is 7.35. The van der Waals surface area contributed by atoms with Gasteiger partial charge in [0.1, 0.15) is 11.7 Å². The van der Waals surface area contributed by atoms with Crippen molar-refractivity contribution in [3.8, 4) is 0 Å². The van der Waals surface area contributed by atoms with Gasteiger partial charge in [-0.15, -0.1) is 0 Å². The maximum absolute atomic E-state index is 8.77.